The van der Waals surface area contributed by atoms with Crippen LogP contribution in [0.2, 0.25) is 0 Å². The SMILES string of the molecule is CCN(CC)CCC(CCC(C)C)NN. The summed E-state index contributed by atoms with van der Waals surface area (Å²) in [4.78, 5) is 2.44. The molecule has 0 aromatic carbocycles. The molecular weight excluding hydrogens is 186 g/mol. The van der Waals surface area contributed by atoms with Crippen LogP contribution >= 0.6 is 0 Å². The summed E-state index contributed by atoms with van der Waals surface area (Å²) in [7, 11) is 0. The molecule has 0 saturated carbocycles. The Morgan fingerprint density at radius 1 is 1.07 bits per heavy atom. The highest BCUT2D eigenvalue weighted by Gasteiger charge is 2.09. The second-order valence-electron chi connectivity index (χ2n) is 4.65. The van der Waals surface area contributed by atoms with Crippen molar-refractivity contribution in [2.75, 3.05) is 19.6 Å². The maximum atomic E-state index is 5.56. The molecule has 0 radical (unpaired) electrons. The fourth-order valence-electron chi connectivity index (χ4n) is 1.72. The molecule has 0 bridgehead atoms. The lowest BCUT2D eigenvalue weighted by Gasteiger charge is -2.22. The predicted octanol–water partition coefficient (Wildman–Crippen LogP) is 1.99. The number of rotatable bonds is 9. The van der Waals surface area contributed by atoms with Gasteiger partial charge in [-0.05, 0) is 44.8 Å². The molecule has 3 N–H and O–H groups in total. The van der Waals surface area contributed by atoms with Gasteiger partial charge in [-0.2, -0.15) is 0 Å². The molecule has 0 aliphatic heterocycles. The van der Waals surface area contributed by atoms with E-state index in [-0.39, 0.29) is 0 Å². The van der Waals surface area contributed by atoms with Crippen LogP contribution in [0.25, 0.3) is 0 Å². The molecule has 0 rings (SSSR count). The van der Waals surface area contributed by atoms with Gasteiger partial charge in [0.15, 0.2) is 0 Å². The molecule has 92 valence electrons. The number of nitrogens with two attached hydrogens (primary N) is 1. The number of nitrogens with one attached hydrogen (secondary N) is 1. The first-order valence-electron chi connectivity index (χ1n) is 6.32. The van der Waals surface area contributed by atoms with E-state index < -0.39 is 0 Å². The molecule has 3 nitrogen and oxygen atoms in total. The van der Waals surface area contributed by atoms with Crippen molar-refractivity contribution in [1.29, 1.82) is 0 Å². The van der Waals surface area contributed by atoms with Crippen LogP contribution in [0.3, 0.4) is 0 Å². The topological polar surface area (TPSA) is 41.3 Å². The molecule has 0 aliphatic carbocycles. The second kappa shape index (κ2) is 9.13. The minimum Gasteiger partial charge on any atom is -0.304 e. The Labute approximate surface area is 95.4 Å². The molecule has 0 saturated heterocycles. The van der Waals surface area contributed by atoms with Gasteiger partial charge in [-0.3, -0.25) is 11.3 Å². The third kappa shape index (κ3) is 7.77. The first-order chi connectivity index (χ1) is 7.13. The van der Waals surface area contributed by atoms with Crippen molar-refractivity contribution in [3.8, 4) is 0 Å². The Kier molecular flexibility index (Phi) is 9.06. The molecular formula is C12H29N3. The highest BCUT2D eigenvalue weighted by molar-refractivity contribution is 4.67. The summed E-state index contributed by atoms with van der Waals surface area (Å²) >= 11 is 0. The fraction of sp³-hybridized carbons (Fsp3) is 1.00. The molecule has 1 atom stereocenters. The quantitative estimate of drug-likeness (QED) is 0.456. The molecule has 0 amide bonds. The third-order valence-corrected chi connectivity index (χ3v) is 3.02. The lowest BCUT2D eigenvalue weighted by molar-refractivity contribution is 0.274. The number of hydrogen-bond acceptors (Lipinski definition) is 3. The van der Waals surface area contributed by atoms with Gasteiger partial charge in [-0.1, -0.05) is 27.7 Å². The van der Waals surface area contributed by atoms with Gasteiger partial charge in [0.25, 0.3) is 0 Å². The normalized spacial score (nSPS) is 13.8. The fourth-order valence-corrected chi connectivity index (χ4v) is 1.72. The largest absolute Gasteiger partial charge is 0.304 e. The molecule has 0 aliphatic rings. The lowest BCUT2D eigenvalue weighted by Crippen LogP contribution is -2.38. The standard InChI is InChI=1S/C12H29N3/c1-5-15(6-2)10-9-12(14-13)8-7-11(3)4/h11-12,14H,5-10,13H2,1-4H3. The van der Waals surface area contributed by atoms with Gasteiger partial charge in [0.05, 0.1) is 0 Å². The molecule has 0 aromatic rings. The summed E-state index contributed by atoms with van der Waals surface area (Å²) in [6, 6.07) is 0.480. The lowest BCUT2D eigenvalue weighted by atomic mass is 10.0. The monoisotopic (exact) mass is 215 g/mol. The first-order valence-corrected chi connectivity index (χ1v) is 6.32. The predicted molar refractivity (Wildman–Crippen MR) is 67.6 cm³/mol. The highest BCUT2D eigenvalue weighted by atomic mass is 15.2. The molecule has 0 spiro atoms. The molecule has 15 heavy (non-hydrogen) atoms. The molecule has 1 unspecified atom stereocenters. The van der Waals surface area contributed by atoms with Crippen LogP contribution in [0.15, 0.2) is 0 Å². The Morgan fingerprint density at radius 3 is 2.07 bits per heavy atom. The van der Waals surface area contributed by atoms with Crippen molar-refractivity contribution in [3.63, 3.8) is 0 Å². The summed E-state index contributed by atoms with van der Waals surface area (Å²) in [6.07, 6.45) is 3.60. The average Bonchev–Trinajstić information content (AvgIpc) is 2.23. The maximum Gasteiger partial charge on any atom is 0.0222 e. The van der Waals surface area contributed by atoms with Crippen LogP contribution < -0.4 is 11.3 Å². The van der Waals surface area contributed by atoms with Gasteiger partial charge in [-0.25, -0.2) is 0 Å². The summed E-state index contributed by atoms with van der Waals surface area (Å²) in [5, 5.41) is 0. The second-order valence-corrected chi connectivity index (χ2v) is 4.65. The van der Waals surface area contributed by atoms with Gasteiger partial charge in [0.2, 0.25) is 0 Å². The minimum atomic E-state index is 0.480. The number of hydrogen-bond donors (Lipinski definition) is 2. The van der Waals surface area contributed by atoms with Crippen molar-refractivity contribution in [3.05, 3.63) is 0 Å². The van der Waals surface area contributed by atoms with E-state index in [1.54, 1.807) is 0 Å². The van der Waals surface area contributed by atoms with Gasteiger partial charge in [0.1, 0.15) is 0 Å². The van der Waals surface area contributed by atoms with Crippen LogP contribution in [0.5, 0.6) is 0 Å². The van der Waals surface area contributed by atoms with E-state index in [9.17, 15) is 0 Å². The Balaban J connectivity index is 3.68. The summed E-state index contributed by atoms with van der Waals surface area (Å²) in [6.45, 7) is 12.4. The molecule has 3 heteroatoms. The van der Waals surface area contributed by atoms with E-state index in [1.165, 1.54) is 12.8 Å². The van der Waals surface area contributed by atoms with Crippen molar-refractivity contribution < 1.29 is 0 Å². The summed E-state index contributed by atoms with van der Waals surface area (Å²) < 4.78 is 0. The van der Waals surface area contributed by atoms with Crippen LogP contribution in [-0.4, -0.2) is 30.6 Å². The number of hydrazine groups is 1. The molecule has 0 fully saturated rings. The summed E-state index contributed by atoms with van der Waals surface area (Å²) in [5.41, 5.74) is 2.93. The van der Waals surface area contributed by atoms with E-state index >= 15 is 0 Å². The van der Waals surface area contributed by atoms with Crippen molar-refractivity contribution >= 4 is 0 Å². The Morgan fingerprint density at radius 2 is 1.67 bits per heavy atom. The van der Waals surface area contributed by atoms with Crippen LogP contribution in [0.1, 0.15) is 47.0 Å². The smallest absolute Gasteiger partial charge is 0.0222 e. The number of nitrogens with zero attached hydrogens (tertiary/aromatic N) is 1. The summed E-state index contributed by atoms with van der Waals surface area (Å²) in [5.74, 6) is 6.33. The third-order valence-electron chi connectivity index (χ3n) is 3.02. The van der Waals surface area contributed by atoms with Gasteiger partial charge >= 0.3 is 0 Å². The average molecular weight is 215 g/mol. The van der Waals surface area contributed by atoms with Crippen LogP contribution in [-0.2, 0) is 0 Å². The van der Waals surface area contributed by atoms with E-state index in [0.29, 0.717) is 6.04 Å². The zero-order valence-corrected chi connectivity index (χ0v) is 10.9. The van der Waals surface area contributed by atoms with Gasteiger partial charge in [-0.15, -0.1) is 0 Å². The molecule has 0 heterocycles. The van der Waals surface area contributed by atoms with Crippen molar-refractivity contribution in [2.24, 2.45) is 11.8 Å². The maximum absolute atomic E-state index is 5.56. The van der Waals surface area contributed by atoms with Crippen molar-refractivity contribution in [1.82, 2.24) is 10.3 Å². The van der Waals surface area contributed by atoms with Gasteiger partial charge < -0.3 is 4.90 Å². The Hall–Kier alpha value is -0.120. The molecule has 0 aromatic heterocycles. The minimum absolute atomic E-state index is 0.480. The Bertz CT molecular complexity index is 133. The van der Waals surface area contributed by atoms with E-state index in [1.807, 2.05) is 0 Å². The van der Waals surface area contributed by atoms with Crippen LogP contribution in [0.4, 0.5) is 0 Å². The zero-order valence-electron chi connectivity index (χ0n) is 10.9. The first kappa shape index (κ1) is 14.9. The highest BCUT2D eigenvalue weighted by Crippen LogP contribution is 2.09. The van der Waals surface area contributed by atoms with Crippen LogP contribution in [0, 0.1) is 5.92 Å². The van der Waals surface area contributed by atoms with E-state index in [4.69, 9.17) is 5.84 Å². The van der Waals surface area contributed by atoms with E-state index in [0.717, 1.165) is 32.0 Å². The van der Waals surface area contributed by atoms with Crippen molar-refractivity contribution in [2.45, 2.75) is 53.0 Å². The van der Waals surface area contributed by atoms with E-state index in [2.05, 4.69) is 38.0 Å². The van der Waals surface area contributed by atoms with Gasteiger partial charge in [0, 0.05) is 6.04 Å². The zero-order chi connectivity index (χ0) is 11.7.